The van der Waals surface area contributed by atoms with Gasteiger partial charge in [0, 0.05) is 18.7 Å². The Bertz CT molecular complexity index is 396. The lowest BCUT2D eigenvalue weighted by Gasteiger charge is -2.20. The first-order chi connectivity index (χ1) is 8.02. The molecule has 17 heavy (non-hydrogen) atoms. The average molecular weight is 238 g/mol. The summed E-state index contributed by atoms with van der Waals surface area (Å²) in [6.45, 7) is 9.63. The third kappa shape index (κ3) is 2.88. The number of nitrogens with two attached hydrogens (primary N) is 1. The molecule has 0 aliphatic rings. The molecule has 1 aromatic heterocycles. The maximum absolute atomic E-state index is 12.4. The molecule has 0 saturated heterocycles. The summed E-state index contributed by atoms with van der Waals surface area (Å²) in [5.41, 5.74) is 7.13. The van der Waals surface area contributed by atoms with Crippen LogP contribution in [0.3, 0.4) is 0 Å². The molecule has 96 valence electrons. The van der Waals surface area contributed by atoms with Crippen molar-refractivity contribution in [1.29, 1.82) is 0 Å². The van der Waals surface area contributed by atoms with Crippen molar-refractivity contribution >= 4 is 5.91 Å². The number of amides is 1. The van der Waals surface area contributed by atoms with Crippen molar-refractivity contribution in [1.82, 2.24) is 4.90 Å². The summed E-state index contributed by atoms with van der Waals surface area (Å²) in [6.07, 6.45) is 0.828. The topological polar surface area (TPSA) is 59.5 Å². The second-order valence-corrected chi connectivity index (χ2v) is 4.24. The van der Waals surface area contributed by atoms with Crippen LogP contribution in [0.1, 0.15) is 40.8 Å². The fourth-order valence-corrected chi connectivity index (χ4v) is 1.95. The quantitative estimate of drug-likeness (QED) is 0.853. The van der Waals surface area contributed by atoms with E-state index in [0.717, 1.165) is 17.7 Å². The third-order valence-electron chi connectivity index (χ3n) is 3.08. The summed E-state index contributed by atoms with van der Waals surface area (Å²) < 4.78 is 5.49. The first-order valence-corrected chi connectivity index (χ1v) is 6.08. The van der Waals surface area contributed by atoms with Gasteiger partial charge in [0.15, 0.2) is 0 Å². The predicted molar refractivity (Wildman–Crippen MR) is 68.2 cm³/mol. The van der Waals surface area contributed by atoms with Crippen LogP contribution in [0.25, 0.3) is 0 Å². The number of hydrogen-bond acceptors (Lipinski definition) is 3. The molecule has 1 heterocycles. The van der Waals surface area contributed by atoms with Crippen LogP contribution in [0.2, 0.25) is 0 Å². The highest BCUT2D eigenvalue weighted by molar-refractivity contribution is 5.96. The Morgan fingerprint density at radius 2 is 1.94 bits per heavy atom. The highest BCUT2D eigenvalue weighted by atomic mass is 16.3. The van der Waals surface area contributed by atoms with Gasteiger partial charge in [0.2, 0.25) is 0 Å². The summed E-state index contributed by atoms with van der Waals surface area (Å²) in [5.74, 6) is 1.57. The molecular weight excluding hydrogens is 216 g/mol. The molecular formula is C13H22N2O2. The molecule has 0 unspecified atom stereocenters. The normalized spacial score (nSPS) is 10.6. The number of hydrogen-bond donors (Lipinski definition) is 1. The molecule has 0 aliphatic heterocycles. The number of carbonyl (C=O) groups is 1. The van der Waals surface area contributed by atoms with E-state index in [-0.39, 0.29) is 5.91 Å². The van der Waals surface area contributed by atoms with Crippen LogP contribution in [-0.4, -0.2) is 30.4 Å². The van der Waals surface area contributed by atoms with Crippen LogP contribution in [0.5, 0.6) is 0 Å². The molecule has 4 heteroatoms. The smallest absolute Gasteiger partial charge is 0.257 e. The largest absolute Gasteiger partial charge is 0.466 e. The minimum atomic E-state index is 0.0489. The lowest BCUT2D eigenvalue weighted by atomic mass is 10.1. The molecule has 0 atom stereocenters. The van der Waals surface area contributed by atoms with Gasteiger partial charge in [-0.1, -0.05) is 0 Å². The monoisotopic (exact) mass is 238 g/mol. The summed E-state index contributed by atoms with van der Waals surface area (Å²) in [6, 6.07) is 0. The molecule has 0 saturated carbocycles. The van der Waals surface area contributed by atoms with Crippen LogP contribution >= 0.6 is 0 Å². The molecule has 0 aromatic carbocycles. The molecule has 0 bridgehead atoms. The van der Waals surface area contributed by atoms with Crippen LogP contribution < -0.4 is 5.73 Å². The van der Waals surface area contributed by atoms with Gasteiger partial charge >= 0.3 is 0 Å². The van der Waals surface area contributed by atoms with Crippen molar-refractivity contribution in [3.63, 3.8) is 0 Å². The number of furan rings is 1. The second-order valence-electron chi connectivity index (χ2n) is 4.24. The van der Waals surface area contributed by atoms with Gasteiger partial charge in [-0.05, 0) is 40.7 Å². The predicted octanol–water partition coefficient (Wildman–Crippen LogP) is 2.02. The first kappa shape index (κ1) is 13.8. The molecule has 1 aromatic rings. The Balaban J connectivity index is 2.93. The zero-order valence-corrected chi connectivity index (χ0v) is 11.2. The second kappa shape index (κ2) is 5.87. The highest BCUT2D eigenvalue weighted by Crippen LogP contribution is 2.22. The van der Waals surface area contributed by atoms with E-state index in [2.05, 4.69) is 0 Å². The van der Waals surface area contributed by atoms with Crippen LogP contribution in [0.4, 0.5) is 0 Å². The SMILES string of the molecule is CCN(CCCN)C(=O)c1c(C)oc(C)c1C. The van der Waals surface area contributed by atoms with Gasteiger partial charge in [-0.3, -0.25) is 4.79 Å². The molecule has 4 nitrogen and oxygen atoms in total. The number of nitrogens with zero attached hydrogens (tertiary/aromatic N) is 1. The van der Waals surface area contributed by atoms with Crippen molar-refractivity contribution in [2.45, 2.75) is 34.1 Å². The van der Waals surface area contributed by atoms with E-state index >= 15 is 0 Å². The summed E-state index contributed by atoms with van der Waals surface area (Å²) in [5, 5.41) is 0. The van der Waals surface area contributed by atoms with Gasteiger partial charge in [-0.25, -0.2) is 0 Å². The Kier molecular flexibility index (Phi) is 4.75. The van der Waals surface area contributed by atoms with Crippen molar-refractivity contribution in [3.8, 4) is 0 Å². The molecule has 1 rings (SSSR count). The van der Waals surface area contributed by atoms with E-state index in [1.54, 1.807) is 0 Å². The Morgan fingerprint density at radius 3 is 2.35 bits per heavy atom. The molecule has 0 spiro atoms. The van der Waals surface area contributed by atoms with Crippen molar-refractivity contribution in [2.24, 2.45) is 5.73 Å². The third-order valence-corrected chi connectivity index (χ3v) is 3.08. The summed E-state index contributed by atoms with van der Waals surface area (Å²) >= 11 is 0. The Hall–Kier alpha value is -1.29. The highest BCUT2D eigenvalue weighted by Gasteiger charge is 2.22. The first-order valence-electron chi connectivity index (χ1n) is 6.08. The zero-order valence-electron chi connectivity index (χ0n) is 11.2. The van der Waals surface area contributed by atoms with E-state index in [0.29, 0.717) is 31.0 Å². The zero-order chi connectivity index (χ0) is 13.0. The van der Waals surface area contributed by atoms with Gasteiger partial charge in [0.05, 0.1) is 5.56 Å². The van der Waals surface area contributed by atoms with Gasteiger partial charge < -0.3 is 15.1 Å². The van der Waals surface area contributed by atoms with E-state index in [4.69, 9.17) is 10.2 Å². The van der Waals surface area contributed by atoms with E-state index in [9.17, 15) is 4.79 Å². The standard InChI is InChI=1S/C13H22N2O2/c1-5-15(8-6-7-14)13(16)12-9(2)10(3)17-11(12)4/h5-8,14H2,1-4H3. The number of carbonyl (C=O) groups excluding carboxylic acids is 1. The lowest BCUT2D eigenvalue weighted by Crippen LogP contribution is -2.33. The fraction of sp³-hybridized carbons (Fsp3) is 0.615. The summed E-state index contributed by atoms with van der Waals surface area (Å²) in [7, 11) is 0. The molecule has 2 N–H and O–H groups in total. The van der Waals surface area contributed by atoms with Crippen LogP contribution in [-0.2, 0) is 0 Å². The van der Waals surface area contributed by atoms with Crippen LogP contribution in [0, 0.1) is 20.8 Å². The van der Waals surface area contributed by atoms with Gasteiger partial charge in [-0.15, -0.1) is 0 Å². The van der Waals surface area contributed by atoms with Crippen molar-refractivity contribution < 1.29 is 9.21 Å². The Labute approximate surface area is 103 Å². The van der Waals surface area contributed by atoms with E-state index in [1.165, 1.54) is 0 Å². The summed E-state index contributed by atoms with van der Waals surface area (Å²) in [4.78, 5) is 14.2. The average Bonchev–Trinajstić information content (AvgIpc) is 2.54. The Morgan fingerprint density at radius 1 is 1.29 bits per heavy atom. The molecule has 0 fully saturated rings. The molecule has 0 radical (unpaired) electrons. The number of rotatable bonds is 5. The van der Waals surface area contributed by atoms with Gasteiger partial charge in [0.25, 0.3) is 5.91 Å². The van der Waals surface area contributed by atoms with Crippen molar-refractivity contribution in [3.05, 3.63) is 22.6 Å². The van der Waals surface area contributed by atoms with Crippen molar-refractivity contribution in [2.75, 3.05) is 19.6 Å². The molecule has 0 aliphatic carbocycles. The maximum atomic E-state index is 12.4. The van der Waals surface area contributed by atoms with Crippen LogP contribution in [0.15, 0.2) is 4.42 Å². The lowest BCUT2D eigenvalue weighted by molar-refractivity contribution is 0.0761. The maximum Gasteiger partial charge on any atom is 0.257 e. The van der Waals surface area contributed by atoms with Gasteiger partial charge in [-0.2, -0.15) is 0 Å². The van der Waals surface area contributed by atoms with E-state index in [1.807, 2.05) is 32.6 Å². The minimum Gasteiger partial charge on any atom is -0.466 e. The number of aryl methyl sites for hydroxylation is 2. The van der Waals surface area contributed by atoms with E-state index < -0.39 is 0 Å². The van der Waals surface area contributed by atoms with Gasteiger partial charge in [0.1, 0.15) is 11.5 Å². The fourth-order valence-electron chi connectivity index (χ4n) is 1.95. The molecule has 1 amide bonds. The minimum absolute atomic E-state index is 0.0489.